The standard InChI is InChI=1S/C18H32INO6/c1-16(2,3)24-13(21)12(10-11-19)20(14(22)25-17(4,5)6)15(23)26-18(7,8)9/h12H,10-11H2,1-9H3. The molecule has 0 aromatic rings. The average molecular weight is 485 g/mol. The maximum atomic E-state index is 12.7. The number of imide groups is 1. The highest BCUT2D eigenvalue weighted by Crippen LogP contribution is 2.21. The molecule has 0 saturated heterocycles. The molecule has 0 saturated carbocycles. The third-order valence-corrected chi connectivity index (χ3v) is 3.18. The highest BCUT2D eigenvalue weighted by Gasteiger charge is 2.41. The summed E-state index contributed by atoms with van der Waals surface area (Å²) in [7, 11) is 0. The van der Waals surface area contributed by atoms with Crippen LogP contribution in [-0.2, 0) is 19.0 Å². The van der Waals surface area contributed by atoms with Crippen molar-refractivity contribution in [2.75, 3.05) is 4.43 Å². The number of halogens is 1. The number of rotatable bonds is 4. The molecule has 0 fully saturated rings. The average Bonchev–Trinajstić information content (AvgIpc) is 2.31. The van der Waals surface area contributed by atoms with Gasteiger partial charge in [-0.15, -0.1) is 0 Å². The first kappa shape index (κ1) is 24.9. The zero-order valence-corrected chi connectivity index (χ0v) is 19.4. The number of hydrogen-bond acceptors (Lipinski definition) is 6. The molecule has 2 amide bonds. The minimum Gasteiger partial charge on any atom is -0.458 e. The Morgan fingerprint density at radius 1 is 0.769 bits per heavy atom. The first-order valence-electron chi connectivity index (χ1n) is 8.51. The molecule has 0 radical (unpaired) electrons. The Morgan fingerprint density at radius 2 is 1.12 bits per heavy atom. The van der Waals surface area contributed by atoms with Crippen LogP contribution in [0.3, 0.4) is 0 Å². The van der Waals surface area contributed by atoms with Crippen molar-refractivity contribution in [1.29, 1.82) is 0 Å². The lowest BCUT2D eigenvalue weighted by atomic mass is 10.1. The number of carbonyl (C=O) groups is 3. The molecule has 8 heteroatoms. The third-order valence-electron chi connectivity index (χ3n) is 2.55. The molecule has 152 valence electrons. The maximum Gasteiger partial charge on any atom is 0.420 e. The Hall–Kier alpha value is -1.06. The molecule has 0 aliphatic carbocycles. The quantitative estimate of drug-likeness (QED) is 0.249. The molecular weight excluding hydrogens is 453 g/mol. The molecule has 0 rings (SSSR count). The van der Waals surface area contributed by atoms with Crippen LogP contribution in [0.4, 0.5) is 9.59 Å². The molecule has 0 bridgehead atoms. The highest BCUT2D eigenvalue weighted by molar-refractivity contribution is 14.1. The lowest BCUT2D eigenvalue weighted by Crippen LogP contribution is -2.53. The van der Waals surface area contributed by atoms with E-state index < -0.39 is 41.0 Å². The van der Waals surface area contributed by atoms with E-state index in [1.807, 2.05) is 0 Å². The van der Waals surface area contributed by atoms with Crippen LogP contribution in [0.2, 0.25) is 0 Å². The molecule has 0 aliphatic heterocycles. The van der Waals surface area contributed by atoms with Gasteiger partial charge < -0.3 is 14.2 Å². The maximum absolute atomic E-state index is 12.7. The molecule has 1 unspecified atom stereocenters. The normalized spacial score (nSPS) is 13.6. The van der Waals surface area contributed by atoms with Crippen LogP contribution >= 0.6 is 22.6 Å². The number of alkyl halides is 1. The van der Waals surface area contributed by atoms with Gasteiger partial charge in [-0.25, -0.2) is 14.4 Å². The van der Waals surface area contributed by atoms with E-state index in [2.05, 4.69) is 22.6 Å². The summed E-state index contributed by atoms with van der Waals surface area (Å²) in [5, 5.41) is 0. The van der Waals surface area contributed by atoms with E-state index in [-0.39, 0.29) is 6.42 Å². The van der Waals surface area contributed by atoms with Gasteiger partial charge >= 0.3 is 18.2 Å². The topological polar surface area (TPSA) is 82.1 Å². The molecule has 0 spiro atoms. The van der Waals surface area contributed by atoms with Crippen LogP contribution in [-0.4, -0.2) is 50.3 Å². The van der Waals surface area contributed by atoms with Crippen molar-refractivity contribution in [3.63, 3.8) is 0 Å². The summed E-state index contributed by atoms with van der Waals surface area (Å²) in [6.45, 7) is 15.2. The van der Waals surface area contributed by atoms with Crippen LogP contribution in [0, 0.1) is 0 Å². The fourth-order valence-electron chi connectivity index (χ4n) is 1.78. The van der Waals surface area contributed by atoms with Crippen molar-refractivity contribution in [2.24, 2.45) is 0 Å². The monoisotopic (exact) mass is 485 g/mol. The molecule has 0 N–H and O–H groups in total. The van der Waals surface area contributed by atoms with Crippen LogP contribution in [0.15, 0.2) is 0 Å². The van der Waals surface area contributed by atoms with E-state index in [1.165, 1.54) is 0 Å². The van der Waals surface area contributed by atoms with Gasteiger partial charge in [0, 0.05) is 4.43 Å². The van der Waals surface area contributed by atoms with Crippen molar-refractivity contribution in [3.8, 4) is 0 Å². The summed E-state index contributed by atoms with van der Waals surface area (Å²) in [4.78, 5) is 38.7. The predicted molar refractivity (Wildman–Crippen MR) is 107 cm³/mol. The van der Waals surface area contributed by atoms with Crippen molar-refractivity contribution >= 4 is 40.7 Å². The lowest BCUT2D eigenvalue weighted by Gasteiger charge is -2.33. The Labute approximate surface area is 170 Å². The SMILES string of the molecule is CC(C)(C)OC(=O)C(CCI)N(C(=O)OC(C)(C)C)C(=O)OC(C)(C)C. The molecule has 0 aromatic heterocycles. The summed E-state index contributed by atoms with van der Waals surface area (Å²) in [6.07, 6.45) is -1.64. The Bertz CT molecular complexity index is 485. The van der Waals surface area contributed by atoms with Gasteiger partial charge in [0.15, 0.2) is 0 Å². The van der Waals surface area contributed by atoms with E-state index in [0.717, 1.165) is 4.90 Å². The minimum atomic E-state index is -1.13. The van der Waals surface area contributed by atoms with Crippen molar-refractivity contribution in [3.05, 3.63) is 0 Å². The smallest absolute Gasteiger partial charge is 0.420 e. The van der Waals surface area contributed by atoms with E-state index in [0.29, 0.717) is 4.43 Å². The van der Waals surface area contributed by atoms with Gasteiger partial charge in [0.05, 0.1) is 0 Å². The number of ether oxygens (including phenoxy) is 3. The third kappa shape index (κ3) is 10.2. The van der Waals surface area contributed by atoms with Crippen molar-refractivity contribution in [1.82, 2.24) is 4.90 Å². The van der Waals surface area contributed by atoms with Crippen molar-refractivity contribution in [2.45, 2.75) is 91.6 Å². The van der Waals surface area contributed by atoms with Gasteiger partial charge in [0.2, 0.25) is 0 Å². The summed E-state index contributed by atoms with van der Waals surface area (Å²) in [5.74, 6) is -0.675. The largest absolute Gasteiger partial charge is 0.458 e. The van der Waals surface area contributed by atoms with Crippen LogP contribution in [0.25, 0.3) is 0 Å². The van der Waals surface area contributed by atoms with E-state index in [4.69, 9.17) is 14.2 Å². The highest BCUT2D eigenvalue weighted by atomic mass is 127. The first-order chi connectivity index (χ1) is 11.5. The Balaban J connectivity index is 5.83. The Kier molecular flexibility index (Phi) is 8.86. The second kappa shape index (κ2) is 9.23. The van der Waals surface area contributed by atoms with Gasteiger partial charge in [-0.3, -0.25) is 0 Å². The van der Waals surface area contributed by atoms with Gasteiger partial charge in [0.1, 0.15) is 22.8 Å². The number of amides is 2. The number of hydrogen-bond donors (Lipinski definition) is 0. The predicted octanol–water partition coefficient (Wildman–Crippen LogP) is 4.69. The van der Waals surface area contributed by atoms with E-state index >= 15 is 0 Å². The summed E-state index contributed by atoms with van der Waals surface area (Å²) >= 11 is 2.07. The summed E-state index contributed by atoms with van der Waals surface area (Å²) < 4.78 is 16.6. The summed E-state index contributed by atoms with van der Waals surface area (Å²) in [5.41, 5.74) is -2.42. The fourth-order valence-corrected chi connectivity index (χ4v) is 2.37. The minimum absolute atomic E-state index is 0.230. The fraction of sp³-hybridized carbons (Fsp3) is 0.833. The number of carbonyl (C=O) groups excluding carboxylic acids is 3. The van der Waals surface area contributed by atoms with Gasteiger partial charge in [-0.05, 0) is 68.7 Å². The second-order valence-electron chi connectivity index (χ2n) is 8.86. The molecule has 0 aliphatic rings. The first-order valence-corrected chi connectivity index (χ1v) is 10.0. The molecule has 0 heterocycles. The molecule has 1 atom stereocenters. The second-order valence-corrected chi connectivity index (χ2v) is 9.94. The van der Waals surface area contributed by atoms with Crippen LogP contribution < -0.4 is 0 Å². The molecular formula is C18H32INO6. The Morgan fingerprint density at radius 3 is 1.38 bits per heavy atom. The van der Waals surface area contributed by atoms with Gasteiger partial charge in [-0.1, -0.05) is 22.6 Å². The lowest BCUT2D eigenvalue weighted by molar-refractivity contribution is -0.161. The number of esters is 1. The van der Waals surface area contributed by atoms with Crippen molar-refractivity contribution < 1.29 is 28.6 Å². The molecule has 7 nitrogen and oxygen atoms in total. The molecule has 26 heavy (non-hydrogen) atoms. The van der Waals surface area contributed by atoms with Gasteiger partial charge in [0.25, 0.3) is 0 Å². The van der Waals surface area contributed by atoms with E-state index in [9.17, 15) is 14.4 Å². The van der Waals surface area contributed by atoms with Crippen LogP contribution in [0.1, 0.15) is 68.7 Å². The van der Waals surface area contributed by atoms with Crippen LogP contribution in [0.5, 0.6) is 0 Å². The zero-order chi connectivity index (χ0) is 20.9. The summed E-state index contributed by atoms with van der Waals surface area (Å²) in [6, 6.07) is -1.13. The number of nitrogens with zero attached hydrogens (tertiary/aromatic N) is 1. The zero-order valence-electron chi connectivity index (χ0n) is 17.3. The van der Waals surface area contributed by atoms with Gasteiger partial charge in [-0.2, -0.15) is 4.90 Å². The van der Waals surface area contributed by atoms with E-state index in [1.54, 1.807) is 62.3 Å². The molecule has 0 aromatic carbocycles.